The van der Waals surface area contributed by atoms with Crippen LogP contribution in [0.3, 0.4) is 0 Å². The molecule has 88 valence electrons. The molecule has 1 aliphatic carbocycles. The van der Waals surface area contributed by atoms with E-state index in [0.717, 1.165) is 6.42 Å². The highest BCUT2D eigenvalue weighted by Crippen LogP contribution is 2.47. The Balaban J connectivity index is 2.99. The van der Waals surface area contributed by atoms with E-state index in [1.54, 1.807) is 0 Å². The van der Waals surface area contributed by atoms with Crippen LogP contribution in [0.2, 0.25) is 0 Å². The fourth-order valence-electron chi connectivity index (χ4n) is 3.13. The summed E-state index contributed by atoms with van der Waals surface area (Å²) in [4.78, 5) is 11.2. The fraction of sp³-hybridized carbons (Fsp3) is 0.917. The molecule has 0 bridgehead atoms. The number of aliphatic hydroxyl groups is 1. The summed E-state index contributed by atoms with van der Waals surface area (Å²) < 4.78 is 0. The highest BCUT2D eigenvalue weighted by atomic mass is 16.4. The number of rotatable bonds is 3. The van der Waals surface area contributed by atoms with E-state index in [-0.39, 0.29) is 11.8 Å². The number of hydrogen-bond acceptors (Lipinski definition) is 2. The van der Waals surface area contributed by atoms with Gasteiger partial charge in [0, 0.05) is 5.92 Å². The number of carboxylic acid groups (broad SMARTS) is 1. The quantitative estimate of drug-likeness (QED) is 0.756. The van der Waals surface area contributed by atoms with E-state index in [1.165, 1.54) is 0 Å². The van der Waals surface area contributed by atoms with Gasteiger partial charge in [-0.15, -0.1) is 0 Å². The first-order valence-electron chi connectivity index (χ1n) is 5.76. The zero-order chi connectivity index (χ0) is 11.8. The van der Waals surface area contributed by atoms with E-state index >= 15 is 0 Å². The summed E-state index contributed by atoms with van der Waals surface area (Å²) in [6.45, 7) is 8.21. The molecule has 3 atom stereocenters. The Morgan fingerprint density at radius 1 is 1.27 bits per heavy atom. The van der Waals surface area contributed by atoms with Crippen LogP contribution in [0.4, 0.5) is 0 Å². The second-order valence-corrected chi connectivity index (χ2v) is 5.45. The van der Waals surface area contributed by atoms with E-state index in [1.807, 2.05) is 13.8 Å². The molecule has 0 amide bonds. The van der Waals surface area contributed by atoms with Crippen molar-refractivity contribution in [2.45, 2.75) is 46.1 Å². The maximum atomic E-state index is 11.2. The summed E-state index contributed by atoms with van der Waals surface area (Å²) in [5.41, 5.74) is -1.50. The van der Waals surface area contributed by atoms with E-state index in [4.69, 9.17) is 5.11 Å². The summed E-state index contributed by atoms with van der Waals surface area (Å²) in [5.74, 6) is -0.197. The van der Waals surface area contributed by atoms with Crippen molar-refractivity contribution in [2.75, 3.05) is 0 Å². The van der Waals surface area contributed by atoms with Crippen LogP contribution in [0, 0.1) is 23.7 Å². The van der Waals surface area contributed by atoms with Crippen LogP contribution in [-0.2, 0) is 4.79 Å². The van der Waals surface area contributed by atoms with Gasteiger partial charge >= 0.3 is 5.97 Å². The molecule has 0 heterocycles. The van der Waals surface area contributed by atoms with Gasteiger partial charge in [0.2, 0.25) is 0 Å². The lowest BCUT2D eigenvalue weighted by atomic mass is 9.74. The standard InChI is InChI=1S/C12H22O3/c1-7(2)9-5-6-12(15,11(13)14)10(9)8(3)4/h7-10,15H,5-6H2,1-4H3,(H,13,14). The highest BCUT2D eigenvalue weighted by molar-refractivity contribution is 5.78. The first kappa shape index (κ1) is 12.5. The van der Waals surface area contributed by atoms with E-state index in [0.29, 0.717) is 18.3 Å². The van der Waals surface area contributed by atoms with Crippen molar-refractivity contribution < 1.29 is 15.0 Å². The Kier molecular flexibility index (Phi) is 3.44. The maximum Gasteiger partial charge on any atom is 0.335 e. The third-order valence-electron chi connectivity index (χ3n) is 3.82. The number of carbonyl (C=O) groups is 1. The summed E-state index contributed by atoms with van der Waals surface area (Å²) in [6.07, 6.45) is 1.22. The number of aliphatic carboxylic acids is 1. The molecule has 0 radical (unpaired) electrons. The molecule has 3 unspecified atom stereocenters. The van der Waals surface area contributed by atoms with Crippen LogP contribution < -0.4 is 0 Å². The monoisotopic (exact) mass is 214 g/mol. The van der Waals surface area contributed by atoms with Gasteiger partial charge in [-0.05, 0) is 30.6 Å². The lowest BCUT2D eigenvalue weighted by Gasteiger charge is -2.34. The minimum absolute atomic E-state index is 0.116. The summed E-state index contributed by atoms with van der Waals surface area (Å²) in [5, 5.41) is 19.4. The number of hydrogen-bond donors (Lipinski definition) is 2. The Morgan fingerprint density at radius 3 is 2.13 bits per heavy atom. The molecule has 1 aliphatic rings. The third-order valence-corrected chi connectivity index (χ3v) is 3.82. The van der Waals surface area contributed by atoms with Crippen molar-refractivity contribution in [1.29, 1.82) is 0 Å². The van der Waals surface area contributed by atoms with Gasteiger partial charge in [0.1, 0.15) is 0 Å². The largest absolute Gasteiger partial charge is 0.479 e. The molecule has 0 aromatic heterocycles. The summed E-state index contributed by atoms with van der Waals surface area (Å²) in [6, 6.07) is 0. The lowest BCUT2D eigenvalue weighted by Crippen LogP contribution is -2.46. The molecule has 0 spiro atoms. The Hall–Kier alpha value is -0.570. The molecular formula is C12H22O3. The second kappa shape index (κ2) is 4.12. The highest BCUT2D eigenvalue weighted by Gasteiger charge is 2.54. The van der Waals surface area contributed by atoms with Crippen molar-refractivity contribution in [2.24, 2.45) is 23.7 Å². The molecule has 0 aliphatic heterocycles. The SMILES string of the molecule is CC(C)C1CCC(O)(C(=O)O)C1C(C)C. The van der Waals surface area contributed by atoms with Crippen LogP contribution in [0.15, 0.2) is 0 Å². The van der Waals surface area contributed by atoms with Gasteiger partial charge in [0.05, 0.1) is 0 Å². The average molecular weight is 214 g/mol. The van der Waals surface area contributed by atoms with Gasteiger partial charge in [-0.1, -0.05) is 27.7 Å². The Labute approximate surface area is 91.5 Å². The molecule has 0 aromatic rings. The zero-order valence-electron chi connectivity index (χ0n) is 10.0. The van der Waals surface area contributed by atoms with Crippen molar-refractivity contribution in [1.82, 2.24) is 0 Å². The molecule has 1 fully saturated rings. The normalized spacial score (nSPS) is 36.5. The molecule has 1 rings (SSSR count). The Morgan fingerprint density at radius 2 is 1.80 bits per heavy atom. The molecule has 3 nitrogen and oxygen atoms in total. The van der Waals surface area contributed by atoms with Gasteiger partial charge in [-0.2, -0.15) is 0 Å². The fourth-order valence-corrected chi connectivity index (χ4v) is 3.13. The third kappa shape index (κ3) is 2.03. The maximum absolute atomic E-state index is 11.2. The topological polar surface area (TPSA) is 57.5 Å². The molecule has 0 aromatic carbocycles. The zero-order valence-corrected chi connectivity index (χ0v) is 10.0. The van der Waals surface area contributed by atoms with Crippen molar-refractivity contribution in [3.8, 4) is 0 Å². The molecule has 1 saturated carbocycles. The summed E-state index contributed by atoms with van der Waals surface area (Å²) in [7, 11) is 0. The van der Waals surface area contributed by atoms with Gasteiger partial charge in [0.25, 0.3) is 0 Å². The Bertz CT molecular complexity index is 247. The van der Waals surface area contributed by atoms with Gasteiger partial charge in [0.15, 0.2) is 5.60 Å². The lowest BCUT2D eigenvalue weighted by molar-refractivity contribution is -0.165. The predicted molar refractivity (Wildman–Crippen MR) is 58.5 cm³/mol. The van der Waals surface area contributed by atoms with Crippen LogP contribution >= 0.6 is 0 Å². The molecule has 0 saturated heterocycles. The molecule has 15 heavy (non-hydrogen) atoms. The smallest absolute Gasteiger partial charge is 0.335 e. The van der Waals surface area contributed by atoms with Crippen molar-refractivity contribution >= 4 is 5.97 Å². The minimum Gasteiger partial charge on any atom is -0.479 e. The van der Waals surface area contributed by atoms with Gasteiger partial charge in [-0.25, -0.2) is 4.79 Å². The minimum atomic E-state index is -1.50. The van der Waals surface area contributed by atoms with E-state index in [2.05, 4.69) is 13.8 Å². The van der Waals surface area contributed by atoms with Crippen LogP contribution in [-0.4, -0.2) is 21.8 Å². The van der Waals surface area contributed by atoms with E-state index < -0.39 is 11.6 Å². The van der Waals surface area contributed by atoms with E-state index in [9.17, 15) is 9.90 Å². The van der Waals surface area contributed by atoms with Crippen LogP contribution in [0.5, 0.6) is 0 Å². The van der Waals surface area contributed by atoms with Crippen LogP contribution in [0.1, 0.15) is 40.5 Å². The van der Waals surface area contributed by atoms with Gasteiger partial charge in [-0.3, -0.25) is 0 Å². The number of carboxylic acids is 1. The second-order valence-electron chi connectivity index (χ2n) is 5.45. The average Bonchev–Trinajstić information content (AvgIpc) is 2.44. The first-order chi connectivity index (χ1) is 6.80. The van der Waals surface area contributed by atoms with Gasteiger partial charge < -0.3 is 10.2 Å². The van der Waals surface area contributed by atoms with Crippen molar-refractivity contribution in [3.05, 3.63) is 0 Å². The first-order valence-corrected chi connectivity index (χ1v) is 5.76. The predicted octanol–water partition coefficient (Wildman–Crippen LogP) is 2.14. The van der Waals surface area contributed by atoms with Crippen molar-refractivity contribution in [3.63, 3.8) is 0 Å². The van der Waals surface area contributed by atoms with Crippen LogP contribution in [0.25, 0.3) is 0 Å². The molecule has 2 N–H and O–H groups in total. The molecular weight excluding hydrogens is 192 g/mol. The summed E-state index contributed by atoms with van der Waals surface area (Å²) >= 11 is 0. The molecule has 3 heteroatoms.